The summed E-state index contributed by atoms with van der Waals surface area (Å²) in [7, 11) is 1.43. The topological polar surface area (TPSA) is 38.3 Å². The largest absolute Gasteiger partial charge is 0.468 e. The quantitative estimate of drug-likeness (QED) is 0.689. The lowest BCUT2D eigenvalue weighted by Gasteiger charge is -2.26. The molecule has 0 saturated carbocycles. The second kappa shape index (κ2) is 6.02. The smallest absolute Gasteiger partial charge is 0.323 e. The molecule has 1 unspecified atom stereocenters. The highest BCUT2D eigenvalue weighted by atomic mass is 16.5. The molecule has 0 aromatic heterocycles. The van der Waals surface area contributed by atoms with Crippen molar-refractivity contribution >= 4 is 5.97 Å². The molecule has 0 aliphatic rings. The van der Waals surface area contributed by atoms with E-state index < -0.39 is 0 Å². The number of rotatable bonds is 5. The number of hydrogen-bond donors (Lipinski definition) is 1. The molecule has 14 heavy (non-hydrogen) atoms. The molecule has 0 radical (unpaired) electrons. The molecule has 3 nitrogen and oxygen atoms in total. The Kier molecular flexibility index (Phi) is 5.77. The van der Waals surface area contributed by atoms with Gasteiger partial charge in [-0.25, -0.2) is 0 Å². The zero-order valence-corrected chi connectivity index (χ0v) is 10.1. The van der Waals surface area contributed by atoms with Gasteiger partial charge in [-0.1, -0.05) is 27.7 Å². The van der Waals surface area contributed by atoms with Crippen molar-refractivity contribution in [3.05, 3.63) is 0 Å². The predicted octanol–water partition coefficient (Wildman–Crippen LogP) is 1.82. The van der Waals surface area contributed by atoms with Crippen LogP contribution >= 0.6 is 0 Å². The Labute approximate surface area is 87.2 Å². The van der Waals surface area contributed by atoms with Gasteiger partial charge in [0.05, 0.1) is 7.11 Å². The lowest BCUT2D eigenvalue weighted by molar-refractivity contribution is -0.144. The lowest BCUT2D eigenvalue weighted by Crippen LogP contribution is -2.47. The van der Waals surface area contributed by atoms with Crippen LogP contribution in [0.3, 0.4) is 0 Å². The zero-order valence-electron chi connectivity index (χ0n) is 10.1. The summed E-state index contributed by atoms with van der Waals surface area (Å²) in [4.78, 5) is 11.4. The molecule has 0 heterocycles. The van der Waals surface area contributed by atoms with E-state index >= 15 is 0 Å². The van der Waals surface area contributed by atoms with Crippen molar-refractivity contribution < 1.29 is 9.53 Å². The Bertz CT molecular complexity index is 178. The Balaban J connectivity index is 4.30. The minimum atomic E-state index is -0.197. The minimum absolute atomic E-state index is 0.174. The number of carbonyl (C=O) groups excluding carboxylic acids is 1. The molecular formula is C11H23NO2. The van der Waals surface area contributed by atoms with Crippen LogP contribution in [-0.2, 0) is 9.53 Å². The van der Waals surface area contributed by atoms with Crippen LogP contribution in [0.5, 0.6) is 0 Å². The third-order valence-electron chi connectivity index (χ3n) is 2.56. The SMILES string of the molecule is COC(=O)[C@@H](NC(C)C(C)C)C(C)C. The van der Waals surface area contributed by atoms with Gasteiger partial charge in [0, 0.05) is 6.04 Å². The monoisotopic (exact) mass is 201 g/mol. The van der Waals surface area contributed by atoms with Gasteiger partial charge in [-0.15, -0.1) is 0 Å². The van der Waals surface area contributed by atoms with Crippen molar-refractivity contribution in [2.75, 3.05) is 7.11 Å². The van der Waals surface area contributed by atoms with Gasteiger partial charge in [-0.3, -0.25) is 4.79 Å². The zero-order chi connectivity index (χ0) is 11.3. The van der Waals surface area contributed by atoms with Crippen molar-refractivity contribution in [1.82, 2.24) is 5.32 Å². The second-order valence-electron chi connectivity index (χ2n) is 4.44. The molecule has 84 valence electrons. The van der Waals surface area contributed by atoms with E-state index in [9.17, 15) is 4.79 Å². The molecule has 0 fully saturated rings. The molecule has 0 amide bonds. The Morgan fingerprint density at radius 1 is 1.07 bits per heavy atom. The summed E-state index contributed by atoms with van der Waals surface area (Å²) in [5.41, 5.74) is 0. The molecule has 3 heteroatoms. The summed E-state index contributed by atoms with van der Waals surface area (Å²) in [6.45, 7) is 10.4. The molecular weight excluding hydrogens is 178 g/mol. The highest BCUT2D eigenvalue weighted by molar-refractivity contribution is 5.75. The maximum atomic E-state index is 11.4. The number of methoxy groups -OCH3 is 1. The summed E-state index contributed by atoms with van der Waals surface area (Å²) >= 11 is 0. The molecule has 0 bridgehead atoms. The van der Waals surface area contributed by atoms with E-state index in [2.05, 4.69) is 26.1 Å². The fourth-order valence-corrected chi connectivity index (χ4v) is 1.14. The standard InChI is InChI=1S/C11H23NO2/c1-7(2)9(5)12-10(8(3)4)11(13)14-6/h7-10,12H,1-6H3/t9?,10-/m0/s1. The van der Waals surface area contributed by atoms with Gasteiger partial charge in [0.15, 0.2) is 0 Å². The number of ether oxygens (including phenoxy) is 1. The van der Waals surface area contributed by atoms with Gasteiger partial charge >= 0.3 is 5.97 Å². The van der Waals surface area contributed by atoms with Crippen LogP contribution in [0, 0.1) is 11.8 Å². The number of carbonyl (C=O) groups is 1. The minimum Gasteiger partial charge on any atom is -0.468 e. The van der Waals surface area contributed by atoms with Gasteiger partial charge < -0.3 is 10.1 Å². The third kappa shape index (κ3) is 4.09. The van der Waals surface area contributed by atoms with E-state index in [4.69, 9.17) is 4.74 Å². The molecule has 1 N–H and O–H groups in total. The number of esters is 1. The molecule has 0 aliphatic carbocycles. The van der Waals surface area contributed by atoms with Crippen LogP contribution in [0.4, 0.5) is 0 Å². The van der Waals surface area contributed by atoms with Gasteiger partial charge in [-0.05, 0) is 18.8 Å². The average molecular weight is 201 g/mol. The van der Waals surface area contributed by atoms with E-state index in [0.29, 0.717) is 12.0 Å². The highest BCUT2D eigenvalue weighted by Crippen LogP contribution is 2.08. The van der Waals surface area contributed by atoms with Crippen LogP contribution in [0.15, 0.2) is 0 Å². The van der Waals surface area contributed by atoms with E-state index in [1.54, 1.807) is 0 Å². The Morgan fingerprint density at radius 3 is 1.86 bits per heavy atom. The molecule has 0 aromatic carbocycles. The summed E-state index contributed by atoms with van der Waals surface area (Å²) in [6, 6.07) is 0.124. The highest BCUT2D eigenvalue weighted by Gasteiger charge is 2.24. The van der Waals surface area contributed by atoms with Gasteiger partial charge in [0.2, 0.25) is 0 Å². The normalized spacial score (nSPS) is 15.7. The van der Waals surface area contributed by atoms with Crippen LogP contribution in [-0.4, -0.2) is 25.2 Å². The van der Waals surface area contributed by atoms with Gasteiger partial charge in [-0.2, -0.15) is 0 Å². The van der Waals surface area contributed by atoms with E-state index in [-0.39, 0.29) is 17.9 Å². The van der Waals surface area contributed by atoms with Gasteiger partial charge in [0.25, 0.3) is 0 Å². The summed E-state index contributed by atoms with van der Waals surface area (Å²) in [5, 5.41) is 3.29. The van der Waals surface area contributed by atoms with Gasteiger partial charge in [0.1, 0.15) is 6.04 Å². The summed E-state index contributed by atoms with van der Waals surface area (Å²) in [5.74, 6) is 0.594. The Morgan fingerprint density at radius 2 is 1.57 bits per heavy atom. The fourth-order valence-electron chi connectivity index (χ4n) is 1.14. The van der Waals surface area contributed by atoms with E-state index in [0.717, 1.165) is 0 Å². The van der Waals surface area contributed by atoms with Crippen molar-refractivity contribution in [2.45, 2.75) is 46.7 Å². The molecule has 0 saturated heterocycles. The molecule has 2 atom stereocenters. The first-order valence-corrected chi connectivity index (χ1v) is 5.24. The second-order valence-corrected chi connectivity index (χ2v) is 4.44. The molecule has 0 spiro atoms. The molecule has 0 aliphatic heterocycles. The fraction of sp³-hybridized carbons (Fsp3) is 0.909. The number of nitrogens with one attached hydrogen (secondary N) is 1. The first-order valence-electron chi connectivity index (χ1n) is 5.24. The molecule has 0 aromatic rings. The van der Waals surface area contributed by atoms with Crippen LogP contribution < -0.4 is 5.32 Å². The van der Waals surface area contributed by atoms with Crippen LogP contribution in [0.2, 0.25) is 0 Å². The average Bonchev–Trinajstić information content (AvgIpc) is 2.11. The van der Waals surface area contributed by atoms with Crippen LogP contribution in [0.1, 0.15) is 34.6 Å². The predicted molar refractivity (Wildman–Crippen MR) is 58.1 cm³/mol. The number of hydrogen-bond acceptors (Lipinski definition) is 3. The van der Waals surface area contributed by atoms with Crippen molar-refractivity contribution in [3.63, 3.8) is 0 Å². The van der Waals surface area contributed by atoms with Crippen molar-refractivity contribution in [2.24, 2.45) is 11.8 Å². The summed E-state index contributed by atoms with van der Waals surface area (Å²) < 4.78 is 4.75. The molecule has 0 rings (SSSR count). The lowest BCUT2D eigenvalue weighted by atomic mass is 10.00. The van der Waals surface area contributed by atoms with E-state index in [1.165, 1.54) is 7.11 Å². The van der Waals surface area contributed by atoms with Crippen molar-refractivity contribution in [1.29, 1.82) is 0 Å². The first kappa shape index (κ1) is 13.4. The van der Waals surface area contributed by atoms with Crippen LogP contribution in [0.25, 0.3) is 0 Å². The van der Waals surface area contributed by atoms with Crippen molar-refractivity contribution in [3.8, 4) is 0 Å². The third-order valence-corrected chi connectivity index (χ3v) is 2.56. The Hall–Kier alpha value is -0.570. The first-order chi connectivity index (χ1) is 6.40. The maximum absolute atomic E-state index is 11.4. The summed E-state index contributed by atoms with van der Waals surface area (Å²) in [6.07, 6.45) is 0. The van der Waals surface area contributed by atoms with E-state index in [1.807, 2.05) is 13.8 Å². The maximum Gasteiger partial charge on any atom is 0.323 e.